The number of aromatic nitrogens is 2. The minimum absolute atomic E-state index is 0.0457. The highest BCUT2D eigenvalue weighted by Crippen LogP contribution is 2.24. The maximum atomic E-state index is 13.1. The van der Waals surface area contributed by atoms with Gasteiger partial charge in [-0.15, -0.1) is 0 Å². The summed E-state index contributed by atoms with van der Waals surface area (Å²) in [6.45, 7) is 1.57. The number of hydrogen-bond acceptors (Lipinski definition) is 4. The molecule has 0 saturated carbocycles. The van der Waals surface area contributed by atoms with Crippen molar-refractivity contribution in [1.29, 1.82) is 0 Å². The third-order valence-electron chi connectivity index (χ3n) is 5.15. The Hall–Kier alpha value is -3.35. The Kier molecular flexibility index (Phi) is 5.46. The van der Waals surface area contributed by atoms with E-state index in [1.54, 1.807) is 43.5 Å². The monoisotopic (exact) mass is 394 g/mol. The number of benzene rings is 2. The van der Waals surface area contributed by atoms with Crippen molar-refractivity contribution < 1.29 is 13.9 Å². The molecule has 1 amide bonds. The summed E-state index contributed by atoms with van der Waals surface area (Å²) in [5.74, 6) is 1.20. The summed E-state index contributed by atoms with van der Waals surface area (Å²) in [6, 6.07) is 15.4. The first kappa shape index (κ1) is 19.0. The number of halogens is 1. The standard InChI is InChI=1S/C22H23FN4O2/c1-29-19-10-6-16(7-11-19)22(28)24-18-3-2-12-27(14-18)21-13-20(25-26-21)15-4-8-17(23)9-5-15/h4-11,13,18H,2-3,12,14H2,1H3,(H,24,28)(H,25,26). The SMILES string of the molecule is COc1ccc(C(=O)NC2CCCN(c3cc(-c4ccc(F)cc4)[nH]n3)C2)cc1. The van der Waals surface area contributed by atoms with Gasteiger partial charge in [-0.1, -0.05) is 0 Å². The van der Waals surface area contributed by atoms with Gasteiger partial charge in [-0.25, -0.2) is 4.39 Å². The second kappa shape index (κ2) is 8.34. The van der Waals surface area contributed by atoms with Crippen LogP contribution in [0.3, 0.4) is 0 Å². The van der Waals surface area contributed by atoms with Gasteiger partial charge in [-0.2, -0.15) is 5.10 Å². The van der Waals surface area contributed by atoms with E-state index in [4.69, 9.17) is 4.74 Å². The number of nitrogens with zero attached hydrogens (tertiary/aromatic N) is 2. The molecule has 0 bridgehead atoms. The van der Waals surface area contributed by atoms with Crippen molar-refractivity contribution in [2.75, 3.05) is 25.1 Å². The van der Waals surface area contributed by atoms with E-state index in [-0.39, 0.29) is 17.8 Å². The molecule has 4 rings (SSSR count). The molecule has 1 aliphatic rings. The molecule has 1 aromatic heterocycles. The zero-order valence-electron chi connectivity index (χ0n) is 16.2. The molecule has 7 heteroatoms. The van der Waals surface area contributed by atoms with Crippen molar-refractivity contribution in [3.05, 3.63) is 66.0 Å². The van der Waals surface area contributed by atoms with Crippen molar-refractivity contribution >= 4 is 11.7 Å². The van der Waals surface area contributed by atoms with Crippen LogP contribution in [0.15, 0.2) is 54.6 Å². The lowest BCUT2D eigenvalue weighted by Gasteiger charge is -2.33. The van der Waals surface area contributed by atoms with E-state index < -0.39 is 0 Å². The van der Waals surface area contributed by atoms with Gasteiger partial charge in [0.1, 0.15) is 11.6 Å². The third kappa shape index (κ3) is 4.39. The topological polar surface area (TPSA) is 70.2 Å². The summed E-state index contributed by atoms with van der Waals surface area (Å²) in [7, 11) is 1.60. The molecule has 2 heterocycles. The Morgan fingerprint density at radius 1 is 1.21 bits per heavy atom. The van der Waals surface area contributed by atoms with E-state index >= 15 is 0 Å². The second-order valence-electron chi connectivity index (χ2n) is 7.13. The van der Waals surface area contributed by atoms with Crippen LogP contribution >= 0.6 is 0 Å². The number of rotatable bonds is 5. The molecule has 6 nitrogen and oxygen atoms in total. The number of amides is 1. The fourth-order valence-electron chi connectivity index (χ4n) is 3.56. The van der Waals surface area contributed by atoms with Crippen molar-refractivity contribution in [3.8, 4) is 17.0 Å². The Balaban J connectivity index is 1.40. The predicted molar refractivity (Wildman–Crippen MR) is 110 cm³/mol. The van der Waals surface area contributed by atoms with Gasteiger partial charge in [-0.3, -0.25) is 9.89 Å². The number of methoxy groups -OCH3 is 1. The van der Waals surface area contributed by atoms with Crippen molar-refractivity contribution in [2.45, 2.75) is 18.9 Å². The van der Waals surface area contributed by atoms with Crippen LogP contribution in [0.25, 0.3) is 11.3 Å². The van der Waals surface area contributed by atoms with Crippen LogP contribution in [0.2, 0.25) is 0 Å². The van der Waals surface area contributed by atoms with Crippen LogP contribution in [0, 0.1) is 5.82 Å². The van der Waals surface area contributed by atoms with Crippen LogP contribution in [0.1, 0.15) is 23.2 Å². The van der Waals surface area contributed by atoms with Gasteiger partial charge >= 0.3 is 0 Å². The highest BCUT2D eigenvalue weighted by Gasteiger charge is 2.23. The molecule has 0 aliphatic carbocycles. The number of carbonyl (C=O) groups excluding carboxylic acids is 1. The summed E-state index contributed by atoms with van der Waals surface area (Å²) < 4.78 is 18.3. The number of H-pyrrole nitrogens is 1. The normalized spacial score (nSPS) is 16.5. The summed E-state index contributed by atoms with van der Waals surface area (Å²) in [5.41, 5.74) is 2.33. The average Bonchev–Trinajstić information content (AvgIpc) is 3.25. The average molecular weight is 394 g/mol. The second-order valence-corrected chi connectivity index (χ2v) is 7.13. The number of carbonyl (C=O) groups is 1. The van der Waals surface area contributed by atoms with E-state index in [2.05, 4.69) is 20.4 Å². The number of hydrogen-bond donors (Lipinski definition) is 2. The number of piperidine rings is 1. The van der Waals surface area contributed by atoms with Gasteiger partial charge in [0, 0.05) is 30.8 Å². The van der Waals surface area contributed by atoms with Crippen molar-refractivity contribution in [2.24, 2.45) is 0 Å². The summed E-state index contributed by atoms with van der Waals surface area (Å²) >= 11 is 0. The Morgan fingerprint density at radius 3 is 2.69 bits per heavy atom. The smallest absolute Gasteiger partial charge is 0.251 e. The van der Waals surface area contributed by atoms with E-state index in [1.807, 2.05) is 6.07 Å². The van der Waals surface area contributed by atoms with Crippen LogP contribution < -0.4 is 15.0 Å². The molecule has 2 aromatic carbocycles. The quantitative estimate of drug-likeness (QED) is 0.693. The molecular formula is C22H23FN4O2. The molecule has 2 N–H and O–H groups in total. The number of nitrogens with one attached hydrogen (secondary N) is 2. The number of anilines is 1. The molecule has 1 aliphatic heterocycles. The lowest BCUT2D eigenvalue weighted by atomic mass is 10.0. The summed E-state index contributed by atoms with van der Waals surface area (Å²) in [5, 5.41) is 10.5. The highest BCUT2D eigenvalue weighted by molar-refractivity contribution is 5.94. The van der Waals surface area contributed by atoms with Gasteiger partial charge in [0.2, 0.25) is 0 Å². The van der Waals surface area contributed by atoms with Crippen molar-refractivity contribution in [1.82, 2.24) is 15.5 Å². The van der Waals surface area contributed by atoms with Gasteiger partial charge < -0.3 is 15.0 Å². The Bertz CT molecular complexity index is 969. The van der Waals surface area contributed by atoms with E-state index in [0.29, 0.717) is 12.1 Å². The Labute approximate surface area is 168 Å². The summed E-state index contributed by atoms with van der Waals surface area (Å²) in [4.78, 5) is 14.7. The zero-order valence-corrected chi connectivity index (χ0v) is 16.2. The van der Waals surface area contributed by atoms with E-state index in [1.165, 1.54) is 12.1 Å². The predicted octanol–water partition coefficient (Wildman–Crippen LogP) is 3.62. The molecule has 1 saturated heterocycles. The van der Waals surface area contributed by atoms with E-state index in [0.717, 1.165) is 42.2 Å². The minimum Gasteiger partial charge on any atom is -0.497 e. The molecule has 1 atom stereocenters. The first-order chi connectivity index (χ1) is 14.1. The first-order valence-electron chi connectivity index (χ1n) is 9.63. The first-order valence-corrected chi connectivity index (χ1v) is 9.63. The maximum Gasteiger partial charge on any atom is 0.251 e. The molecule has 150 valence electrons. The fourth-order valence-corrected chi connectivity index (χ4v) is 3.56. The number of aromatic amines is 1. The van der Waals surface area contributed by atoms with Gasteiger partial charge in [-0.05, 0) is 66.9 Å². The minimum atomic E-state index is -0.264. The van der Waals surface area contributed by atoms with Crippen molar-refractivity contribution in [3.63, 3.8) is 0 Å². The molecule has 0 radical (unpaired) electrons. The molecule has 0 spiro atoms. The third-order valence-corrected chi connectivity index (χ3v) is 5.15. The molecule has 3 aromatic rings. The lowest BCUT2D eigenvalue weighted by Crippen LogP contribution is -2.48. The fraction of sp³-hybridized carbons (Fsp3) is 0.273. The number of ether oxygens (including phenoxy) is 1. The van der Waals surface area contributed by atoms with Crippen LogP contribution in [0.5, 0.6) is 5.75 Å². The van der Waals surface area contributed by atoms with Gasteiger partial charge in [0.15, 0.2) is 5.82 Å². The van der Waals surface area contributed by atoms with Crippen LogP contribution in [-0.4, -0.2) is 42.3 Å². The molecule has 1 fully saturated rings. The maximum absolute atomic E-state index is 13.1. The lowest BCUT2D eigenvalue weighted by molar-refractivity contribution is 0.0933. The molecular weight excluding hydrogens is 371 g/mol. The van der Waals surface area contributed by atoms with Gasteiger partial charge in [0.05, 0.1) is 12.8 Å². The Morgan fingerprint density at radius 2 is 1.97 bits per heavy atom. The molecule has 29 heavy (non-hydrogen) atoms. The highest BCUT2D eigenvalue weighted by atomic mass is 19.1. The van der Waals surface area contributed by atoms with Gasteiger partial charge in [0.25, 0.3) is 5.91 Å². The zero-order chi connectivity index (χ0) is 20.2. The largest absolute Gasteiger partial charge is 0.497 e. The summed E-state index contributed by atoms with van der Waals surface area (Å²) in [6.07, 6.45) is 1.89. The molecule has 1 unspecified atom stereocenters. The van der Waals surface area contributed by atoms with Crippen LogP contribution in [-0.2, 0) is 0 Å². The van der Waals surface area contributed by atoms with Crippen LogP contribution in [0.4, 0.5) is 10.2 Å². The van der Waals surface area contributed by atoms with E-state index in [9.17, 15) is 9.18 Å².